The number of H-pyrrole nitrogens is 1. The second-order valence-corrected chi connectivity index (χ2v) is 19.2. The van der Waals surface area contributed by atoms with Crippen LogP contribution in [0, 0.1) is 0 Å². The Morgan fingerprint density at radius 3 is 2.08 bits per heavy atom. The number of rotatable bonds is 12. The van der Waals surface area contributed by atoms with Crippen LogP contribution in [0.15, 0.2) is 103 Å². The molecule has 53 heavy (non-hydrogen) atoms. The number of anilines is 1. The molecule has 0 saturated heterocycles. The number of nitrogens with zero attached hydrogens (tertiary/aromatic N) is 3. The number of nitrogens with one attached hydrogen (secondary N) is 2. The molecular weight excluding hydrogens is 693 g/mol. The summed E-state index contributed by atoms with van der Waals surface area (Å²) in [5.74, 6) is -2.86. The van der Waals surface area contributed by atoms with Crippen LogP contribution in [0.2, 0.25) is 5.04 Å². The van der Waals surface area contributed by atoms with Gasteiger partial charge in [-0.05, 0) is 64.5 Å². The van der Waals surface area contributed by atoms with Crippen molar-refractivity contribution < 1.29 is 27.5 Å². The minimum Gasteiger partial charge on any atom is -0.497 e. The van der Waals surface area contributed by atoms with Crippen LogP contribution in [0.1, 0.15) is 58.4 Å². The Bertz CT molecular complexity index is 1970. The van der Waals surface area contributed by atoms with Gasteiger partial charge in [0.2, 0.25) is 17.7 Å². The van der Waals surface area contributed by atoms with Crippen LogP contribution in [0.5, 0.6) is 5.75 Å². The average molecular weight is 740 g/mol. The van der Waals surface area contributed by atoms with Crippen LogP contribution in [0.3, 0.4) is 0 Å². The van der Waals surface area contributed by atoms with Gasteiger partial charge in [0.05, 0.1) is 24.2 Å². The predicted molar refractivity (Wildman–Crippen MR) is 205 cm³/mol. The number of ether oxygens (including phenoxy) is 1. The molecule has 1 aliphatic carbocycles. The molecule has 2 amide bonds. The van der Waals surface area contributed by atoms with Gasteiger partial charge in [-0.15, -0.1) is 0 Å². The highest BCUT2D eigenvalue weighted by Crippen LogP contribution is 2.47. The van der Waals surface area contributed by atoms with Gasteiger partial charge < -0.3 is 19.4 Å². The summed E-state index contributed by atoms with van der Waals surface area (Å²) in [6.45, 7) is 6.67. The Hall–Kier alpha value is -4.94. The van der Waals surface area contributed by atoms with Gasteiger partial charge in [0.15, 0.2) is 0 Å². The van der Waals surface area contributed by atoms with Crippen molar-refractivity contribution in [3.05, 3.63) is 109 Å². The molecule has 2 N–H and O–H groups in total. The number of hydrogen-bond donors (Lipinski definition) is 2. The Labute approximate surface area is 310 Å². The van der Waals surface area contributed by atoms with E-state index in [0.717, 1.165) is 10.4 Å². The highest BCUT2D eigenvalue weighted by molar-refractivity contribution is 6.99. The van der Waals surface area contributed by atoms with Crippen molar-refractivity contribution in [2.24, 2.45) is 0 Å². The van der Waals surface area contributed by atoms with E-state index >= 15 is 0 Å². The number of aromatic nitrogens is 3. The fourth-order valence-electron chi connectivity index (χ4n) is 7.75. The molecule has 5 aromatic rings. The molecule has 1 aliphatic rings. The minimum absolute atomic E-state index is 0.0683. The Balaban J connectivity index is 1.36. The summed E-state index contributed by atoms with van der Waals surface area (Å²) in [5.41, 5.74) is 0.621. The average Bonchev–Trinajstić information content (AvgIpc) is 3.63. The molecule has 0 aliphatic heterocycles. The molecule has 0 spiro atoms. The van der Waals surface area contributed by atoms with E-state index in [1.807, 2.05) is 36.4 Å². The second kappa shape index (κ2) is 15.2. The number of halogens is 2. The van der Waals surface area contributed by atoms with Crippen LogP contribution in [0.4, 0.5) is 14.6 Å². The van der Waals surface area contributed by atoms with Crippen molar-refractivity contribution >= 4 is 47.4 Å². The molecule has 1 atom stereocenters. The van der Waals surface area contributed by atoms with Gasteiger partial charge in [0, 0.05) is 26.5 Å². The summed E-state index contributed by atoms with van der Waals surface area (Å²) in [6.07, 6.45) is 0.680. The van der Waals surface area contributed by atoms with Crippen LogP contribution in [-0.4, -0.2) is 72.9 Å². The molecular formula is C41H47F2N5O4Si. The third-order valence-electron chi connectivity index (χ3n) is 10.7. The van der Waals surface area contributed by atoms with Crippen molar-refractivity contribution in [1.82, 2.24) is 20.1 Å². The lowest BCUT2D eigenvalue weighted by molar-refractivity contribution is -0.147. The fourth-order valence-corrected chi connectivity index (χ4v) is 12.3. The first-order valence-electron chi connectivity index (χ1n) is 18.0. The van der Waals surface area contributed by atoms with E-state index in [2.05, 4.69) is 65.5 Å². The molecule has 2 aromatic heterocycles. The van der Waals surface area contributed by atoms with E-state index in [4.69, 9.17) is 9.16 Å². The summed E-state index contributed by atoms with van der Waals surface area (Å²) >= 11 is 0. The number of carbonyl (C=O) groups excluding carboxylic acids is 2. The molecule has 9 nitrogen and oxygen atoms in total. The molecule has 1 saturated carbocycles. The smallest absolute Gasteiger partial charge is 0.261 e. The van der Waals surface area contributed by atoms with E-state index in [9.17, 15) is 18.4 Å². The number of aromatic amines is 1. The molecule has 278 valence electrons. The van der Waals surface area contributed by atoms with Gasteiger partial charge in [-0.2, -0.15) is 5.10 Å². The summed E-state index contributed by atoms with van der Waals surface area (Å²) in [7, 11) is 0.139. The van der Waals surface area contributed by atoms with E-state index in [0.29, 0.717) is 28.2 Å². The molecule has 0 radical (unpaired) electrons. The Kier molecular flexibility index (Phi) is 10.8. The van der Waals surface area contributed by atoms with Crippen LogP contribution in [0.25, 0.3) is 11.0 Å². The summed E-state index contributed by atoms with van der Waals surface area (Å²) < 4.78 is 41.9. The SMILES string of the molecule is COc1ccc(C2(C(=O)N(C)C(CCO[Si](c3ccccc3)(c3ccccc3)C(C)(C)C)C(=O)Nc3ccc4[nH]ncc4n3)CCC(F)(F)CC2)cc1. The van der Waals surface area contributed by atoms with E-state index in [1.54, 1.807) is 56.8 Å². The van der Waals surface area contributed by atoms with Crippen molar-refractivity contribution in [2.45, 2.75) is 75.3 Å². The van der Waals surface area contributed by atoms with Crippen LogP contribution >= 0.6 is 0 Å². The van der Waals surface area contributed by atoms with Crippen molar-refractivity contribution in [3.63, 3.8) is 0 Å². The standard InChI is InChI=1S/C41H47F2N5O4Si/c1-39(2,3)53(31-12-8-6-9-13-31,32-14-10-7-11-15-32)52-27-22-35(37(49)46-36-21-20-33-34(45-36)28-44-47-33)48(4)38(50)40(23-25-41(42,43)26-24-40)29-16-18-30(51-5)19-17-29/h6-21,28,35H,22-27H2,1-5H3,(H,44,47)(H,45,46,49). The van der Waals surface area contributed by atoms with E-state index in [1.165, 1.54) is 4.90 Å². The van der Waals surface area contributed by atoms with Gasteiger partial charge in [-0.25, -0.2) is 13.8 Å². The maximum atomic E-state index is 14.9. The number of benzene rings is 3. The summed E-state index contributed by atoms with van der Waals surface area (Å²) in [4.78, 5) is 35.2. The molecule has 0 bridgehead atoms. The number of hydrogen-bond acceptors (Lipinski definition) is 6. The van der Waals surface area contributed by atoms with Gasteiger partial charge in [-0.3, -0.25) is 14.7 Å². The monoisotopic (exact) mass is 739 g/mol. The van der Waals surface area contributed by atoms with Crippen molar-refractivity contribution in [2.75, 3.05) is 26.1 Å². The first-order valence-corrected chi connectivity index (χ1v) is 19.9. The number of pyridine rings is 1. The van der Waals surface area contributed by atoms with Crippen LogP contribution in [-0.2, 0) is 19.4 Å². The van der Waals surface area contributed by atoms with Gasteiger partial charge in [0.25, 0.3) is 8.32 Å². The van der Waals surface area contributed by atoms with Gasteiger partial charge >= 0.3 is 0 Å². The molecule has 1 unspecified atom stereocenters. The normalized spacial score (nSPS) is 16.1. The lowest BCUT2D eigenvalue weighted by atomic mass is 9.67. The van der Waals surface area contributed by atoms with Crippen LogP contribution < -0.4 is 20.4 Å². The van der Waals surface area contributed by atoms with Gasteiger partial charge in [-0.1, -0.05) is 93.6 Å². The number of methoxy groups -OCH3 is 1. The van der Waals surface area contributed by atoms with Crippen molar-refractivity contribution in [1.29, 1.82) is 0 Å². The zero-order chi connectivity index (χ0) is 37.9. The van der Waals surface area contributed by atoms with Crippen molar-refractivity contribution in [3.8, 4) is 5.75 Å². The summed E-state index contributed by atoms with van der Waals surface area (Å²) in [5, 5.41) is 11.7. The number of carbonyl (C=O) groups is 2. The highest BCUT2D eigenvalue weighted by Gasteiger charge is 2.52. The highest BCUT2D eigenvalue weighted by atomic mass is 28.4. The minimum atomic E-state index is -2.99. The first-order chi connectivity index (χ1) is 25.3. The van der Waals surface area contributed by atoms with Gasteiger partial charge in [0.1, 0.15) is 23.1 Å². The molecule has 3 aromatic carbocycles. The number of alkyl halides is 2. The Morgan fingerprint density at radius 2 is 1.51 bits per heavy atom. The third kappa shape index (κ3) is 7.61. The molecule has 6 rings (SSSR count). The topological polar surface area (TPSA) is 109 Å². The first kappa shape index (κ1) is 37.8. The molecule has 2 heterocycles. The summed E-state index contributed by atoms with van der Waals surface area (Å²) in [6, 6.07) is 29.8. The number of fused-ring (bicyclic) bond motifs is 1. The maximum absolute atomic E-state index is 14.9. The Morgan fingerprint density at radius 1 is 0.906 bits per heavy atom. The zero-order valence-corrected chi connectivity index (χ0v) is 31.9. The lowest BCUT2D eigenvalue weighted by Crippen LogP contribution is -2.66. The molecule has 12 heteroatoms. The predicted octanol–water partition coefficient (Wildman–Crippen LogP) is 6.85. The largest absolute Gasteiger partial charge is 0.497 e. The fraction of sp³-hybridized carbons (Fsp3) is 0.366. The van der Waals surface area contributed by atoms with E-state index < -0.39 is 50.4 Å². The third-order valence-corrected chi connectivity index (χ3v) is 15.7. The maximum Gasteiger partial charge on any atom is 0.261 e. The zero-order valence-electron chi connectivity index (χ0n) is 30.9. The molecule has 1 fully saturated rings. The number of likely N-dealkylation sites (N-methyl/N-ethyl adjacent to an activating group) is 1. The van der Waals surface area contributed by atoms with E-state index in [-0.39, 0.29) is 30.9 Å². The lowest BCUT2D eigenvalue weighted by Gasteiger charge is -2.44. The number of amides is 2. The second-order valence-electron chi connectivity index (χ2n) is 14.9. The quantitative estimate of drug-likeness (QED) is 0.136.